The molecule has 152 valence electrons. The molecule has 0 spiro atoms. The average Bonchev–Trinajstić information content (AvgIpc) is 2.68. The maximum atomic E-state index is 12.8. The van der Waals surface area contributed by atoms with Crippen LogP contribution in [-0.4, -0.2) is 8.42 Å². The Kier molecular flexibility index (Phi) is 6.10. The second kappa shape index (κ2) is 8.39. The van der Waals surface area contributed by atoms with E-state index < -0.39 is 10.0 Å². The molecule has 0 fully saturated rings. The lowest BCUT2D eigenvalue weighted by molar-refractivity contribution is 0.482. The molecule has 5 heteroatoms. The van der Waals surface area contributed by atoms with E-state index in [2.05, 4.69) is 37.6 Å². The van der Waals surface area contributed by atoms with Gasteiger partial charge in [-0.15, -0.1) is 0 Å². The first-order valence-corrected chi connectivity index (χ1v) is 11.1. The Morgan fingerprint density at radius 1 is 0.793 bits per heavy atom. The molecule has 0 saturated carbocycles. The van der Waals surface area contributed by atoms with E-state index >= 15 is 0 Å². The summed E-state index contributed by atoms with van der Waals surface area (Å²) < 4.78 is 34.0. The molecule has 0 aliphatic heterocycles. The summed E-state index contributed by atoms with van der Waals surface area (Å²) in [6.07, 6.45) is 0. The second-order valence-electron chi connectivity index (χ2n) is 8.10. The molecule has 0 amide bonds. The highest BCUT2D eigenvalue weighted by Gasteiger charge is 2.19. The van der Waals surface area contributed by atoms with Crippen LogP contribution in [0.15, 0.2) is 83.8 Å². The molecule has 1 N–H and O–H groups in total. The Morgan fingerprint density at radius 2 is 1.34 bits per heavy atom. The van der Waals surface area contributed by atoms with E-state index in [1.807, 2.05) is 49.4 Å². The van der Waals surface area contributed by atoms with Crippen LogP contribution in [0.25, 0.3) is 0 Å². The van der Waals surface area contributed by atoms with Crippen molar-refractivity contribution in [1.82, 2.24) is 4.72 Å². The van der Waals surface area contributed by atoms with Crippen LogP contribution in [0, 0.1) is 0 Å². The van der Waals surface area contributed by atoms with Gasteiger partial charge in [-0.05, 0) is 59.9 Å². The molecule has 0 unspecified atom stereocenters. The predicted molar refractivity (Wildman–Crippen MR) is 117 cm³/mol. The van der Waals surface area contributed by atoms with Gasteiger partial charge in [0.1, 0.15) is 11.5 Å². The molecule has 3 aromatic rings. The molecule has 3 aromatic carbocycles. The quantitative estimate of drug-likeness (QED) is 0.558. The maximum absolute atomic E-state index is 12.8. The van der Waals surface area contributed by atoms with Crippen LogP contribution >= 0.6 is 0 Å². The van der Waals surface area contributed by atoms with Crippen LogP contribution in [0.5, 0.6) is 11.5 Å². The zero-order valence-corrected chi connectivity index (χ0v) is 18.0. The Labute approximate surface area is 173 Å². The molecular formula is C24H27NO3S. The predicted octanol–water partition coefficient (Wildman–Crippen LogP) is 5.82. The van der Waals surface area contributed by atoms with Crippen molar-refractivity contribution in [3.8, 4) is 11.5 Å². The number of sulfonamides is 1. The van der Waals surface area contributed by atoms with Crippen LogP contribution in [0.4, 0.5) is 0 Å². The van der Waals surface area contributed by atoms with Crippen LogP contribution in [0.1, 0.15) is 44.9 Å². The van der Waals surface area contributed by atoms with E-state index in [9.17, 15) is 8.42 Å². The zero-order valence-electron chi connectivity index (χ0n) is 17.2. The van der Waals surface area contributed by atoms with Crippen LogP contribution in [0.2, 0.25) is 0 Å². The summed E-state index contributed by atoms with van der Waals surface area (Å²) in [6, 6.07) is 23.5. The minimum absolute atomic E-state index is 0.0604. The summed E-state index contributed by atoms with van der Waals surface area (Å²) in [5.74, 6) is 1.29. The molecule has 0 radical (unpaired) electrons. The molecule has 0 heterocycles. The molecular weight excluding hydrogens is 382 g/mol. The molecule has 0 aliphatic rings. The van der Waals surface area contributed by atoms with Gasteiger partial charge in [-0.2, -0.15) is 0 Å². The van der Waals surface area contributed by atoms with E-state index in [1.54, 1.807) is 24.3 Å². The van der Waals surface area contributed by atoms with Crippen molar-refractivity contribution in [2.45, 2.75) is 44.0 Å². The van der Waals surface area contributed by atoms with Gasteiger partial charge in [0.2, 0.25) is 10.0 Å². The lowest BCUT2D eigenvalue weighted by Crippen LogP contribution is -2.27. The van der Waals surface area contributed by atoms with E-state index in [4.69, 9.17) is 4.74 Å². The summed E-state index contributed by atoms with van der Waals surface area (Å²) in [4.78, 5) is 0.205. The van der Waals surface area contributed by atoms with E-state index in [0.29, 0.717) is 11.5 Å². The third-order valence-electron chi connectivity index (χ3n) is 4.72. The van der Waals surface area contributed by atoms with Crippen molar-refractivity contribution in [2.75, 3.05) is 0 Å². The fraction of sp³-hybridized carbons (Fsp3) is 0.250. The van der Waals surface area contributed by atoms with Gasteiger partial charge in [-0.3, -0.25) is 0 Å². The number of hydrogen-bond acceptors (Lipinski definition) is 3. The van der Waals surface area contributed by atoms with Gasteiger partial charge in [-0.1, -0.05) is 63.2 Å². The average molecular weight is 410 g/mol. The van der Waals surface area contributed by atoms with E-state index in [-0.39, 0.29) is 16.4 Å². The fourth-order valence-corrected chi connectivity index (χ4v) is 4.18. The minimum Gasteiger partial charge on any atom is -0.457 e. The standard InChI is InChI=1S/C24H27NO3S/c1-18(19-10-12-20(13-11-19)24(2,3)4)25-29(26,27)23-16-14-22(15-17-23)28-21-8-6-5-7-9-21/h5-18,25H,1-4H3/t18-/m1/s1. The molecule has 0 aromatic heterocycles. The van der Waals surface area contributed by atoms with Gasteiger partial charge in [0.15, 0.2) is 0 Å². The summed E-state index contributed by atoms with van der Waals surface area (Å²) >= 11 is 0. The molecule has 29 heavy (non-hydrogen) atoms. The molecule has 3 rings (SSSR count). The van der Waals surface area contributed by atoms with Gasteiger partial charge >= 0.3 is 0 Å². The summed E-state index contributed by atoms with van der Waals surface area (Å²) in [7, 11) is -3.64. The first-order valence-electron chi connectivity index (χ1n) is 9.61. The van der Waals surface area contributed by atoms with Crippen molar-refractivity contribution < 1.29 is 13.2 Å². The zero-order chi connectivity index (χ0) is 21.1. The normalized spacial score (nSPS) is 13.1. The van der Waals surface area contributed by atoms with E-state index in [0.717, 1.165) is 5.56 Å². The van der Waals surface area contributed by atoms with Crippen molar-refractivity contribution >= 4 is 10.0 Å². The maximum Gasteiger partial charge on any atom is 0.241 e. The third-order valence-corrected chi connectivity index (χ3v) is 6.28. The molecule has 4 nitrogen and oxygen atoms in total. The SMILES string of the molecule is C[C@@H](NS(=O)(=O)c1ccc(Oc2ccccc2)cc1)c1ccc(C(C)(C)C)cc1. The van der Waals surface area contributed by atoms with E-state index in [1.165, 1.54) is 5.56 Å². The van der Waals surface area contributed by atoms with Crippen molar-refractivity contribution in [3.05, 3.63) is 90.0 Å². The lowest BCUT2D eigenvalue weighted by Gasteiger charge is -2.20. The highest BCUT2D eigenvalue weighted by molar-refractivity contribution is 7.89. The largest absolute Gasteiger partial charge is 0.457 e. The lowest BCUT2D eigenvalue weighted by atomic mass is 9.86. The Morgan fingerprint density at radius 3 is 1.90 bits per heavy atom. The van der Waals surface area contributed by atoms with Crippen LogP contribution in [0.3, 0.4) is 0 Å². The van der Waals surface area contributed by atoms with Gasteiger partial charge in [-0.25, -0.2) is 13.1 Å². The van der Waals surface area contributed by atoms with Gasteiger partial charge in [0, 0.05) is 6.04 Å². The number of ether oxygens (including phenoxy) is 1. The molecule has 0 aliphatic carbocycles. The van der Waals surface area contributed by atoms with Gasteiger partial charge in [0.05, 0.1) is 4.90 Å². The molecule has 1 atom stereocenters. The van der Waals surface area contributed by atoms with Crippen LogP contribution in [-0.2, 0) is 15.4 Å². The third kappa shape index (κ3) is 5.46. The first-order chi connectivity index (χ1) is 13.6. The topological polar surface area (TPSA) is 55.4 Å². The Bertz CT molecular complexity index is 1040. The Hall–Kier alpha value is -2.63. The monoisotopic (exact) mass is 409 g/mol. The number of hydrogen-bond donors (Lipinski definition) is 1. The Balaban J connectivity index is 1.70. The molecule has 0 bridgehead atoms. The molecule has 0 saturated heterocycles. The highest BCUT2D eigenvalue weighted by atomic mass is 32.2. The number of nitrogens with one attached hydrogen (secondary N) is 1. The van der Waals surface area contributed by atoms with Crippen molar-refractivity contribution in [3.63, 3.8) is 0 Å². The van der Waals surface area contributed by atoms with Crippen molar-refractivity contribution in [1.29, 1.82) is 0 Å². The van der Waals surface area contributed by atoms with Gasteiger partial charge < -0.3 is 4.74 Å². The highest BCUT2D eigenvalue weighted by Crippen LogP contribution is 2.26. The second-order valence-corrected chi connectivity index (χ2v) is 9.82. The minimum atomic E-state index is -3.64. The smallest absolute Gasteiger partial charge is 0.241 e. The number of para-hydroxylation sites is 1. The number of benzene rings is 3. The fourth-order valence-electron chi connectivity index (χ4n) is 2.95. The summed E-state index contributed by atoms with van der Waals surface area (Å²) in [5.41, 5.74) is 2.20. The first kappa shape index (κ1) is 21.1. The van der Waals surface area contributed by atoms with Crippen LogP contribution < -0.4 is 9.46 Å². The van der Waals surface area contributed by atoms with Gasteiger partial charge in [0.25, 0.3) is 0 Å². The van der Waals surface area contributed by atoms with Crippen molar-refractivity contribution in [2.24, 2.45) is 0 Å². The number of rotatable bonds is 6. The summed E-state index contributed by atoms with van der Waals surface area (Å²) in [6.45, 7) is 8.30. The summed E-state index contributed by atoms with van der Waals surface area (Å²) in [5, 5.41) is 0.